The third kappa shape index (κ3) is 4.51. The second-order valence-corrected chi connectivity index (χ2v) is 10.0. The van der Waals surface area contributed by atoms with Crippen LogP contribution in [-0.4, -0.2) is 36.7 Å². The summed E-state index contributed by atoms with van der Waals surface area (Å²) in [6.07, 6.45) is 1.71. The molecule has 0 aliphatic carbocycles. The highest BCUT2D eigenvalue weighted by Crippen LogP contribution is 2.25. The van der Waals surface area contributed by atoms with E-state index in [1.165, 1.54) is 22.5 Å². The molecule has 146 valence electrons. The SMILES string of the molecule is CC(C)c1nc(CNC(=O)c2cc(S(=O)(=O)N3CCCC3)ccc2Cl)cs1. The van der Waals surface area contributed by atoms with E-state index < -0.39 is 15.9 Å². The molecule has 27 heavy (non-hydrogen) atoms. The Morgan fingerprint density at radius 3 is 2.67 bits per heavy atom. The standard InChI is InChI=1S/C18H22ClN3O3S2/c1-12(2)18-21-13(11-26-18)10-20-17(23)15-9-14(5-6-16(15)19)27(24,25)22-7-3-4-8-22/h5-6,9,11-12H,3-4,7-8,10H2,1-2H3,(H,20,23). The van der Waals surface area contributed by atoms with Gasteiger partial charge in [0, 0.05) is 24.4 Å². The number of aromatic nitrogens is 1. The third-order valence-electron chi connectivity index (χ3n) is 4.38. The molecule has 3 rings (SSSR count). The van der Waals surface area contributed by atoms with Crippen LogP contribution < -0.4 is 5.32 Å². The van der Waals surface area contributed by atoms with Crippen LogP contribution in [-0.2, 0) is 16.6 Å². The molecular formula is C18H22ClN3O3S2. The first-order valence-corrected chi connectivity index (χ1v) is 11.5. The number of rotatable bonds is 6. The van der Waals surface area contributed by atoms with Crippen molar-refractivity contribution in [3.63, 3.8) is 0 Å². The third-order valence-corrected chi connectivity index (χ3v) is 7.80. The number of carbonyl (C=O) groups is 1. The Morgan fingerprint density at radius 1 is 1.33 bits per heavy atom. The summed E-state index contributed by atoms with van der Waals surface area (Å²) >= 11 is 7.70. The van der Waals surface area contributed by atoms with Gasteiger partial charge in [-0.2, -0.15) is 4.31 Å². The zero-order valence-electron chi connectivity index (χ0n) is 15.2. The number of nitrogens with one attached hydrogen (secondary N) is 1. The Hall–Kier alpha value is -1.48. The molecule has 1 saturated heterocycles. The summed E-state index contributed by atoms with van der Waals surface area (Å²) in [6, 6.07) is 4.26. The van der Waals surface area contributed by atoms with Crippen LogP contribution in [0.5, 0.6) is 0 Å². The number of amides is 1. The maximum atomic E-state index is 12.7. The maximum Gasteiger partial charge on any atom is 0.253 e. The van der Waals surface area contributed by atoms with E-state index in [0.717, 1.165) is 23.5 Å². The second-order valence-electron chi connectivity index (χ2n) is 6.77. The molecule has 1 aliphatic rings. The van der Waals surface area contributed by atoms with E-state index in [-0.39, 0.29) is 22.0 Å². The molecule has 1 aliphatic heterocycles. The highest BCUT2D eigenvalue weighted by atomic mass is 35.5. The van der Waals surface area contributed by atoms with Crippen LogP contribution >= 0.6 is 22.9 Å². The van der Waals surface area contributed by atoms with E-state index in [2.05, 4.69) is 24.1 Å². The molecule has 2 aromatic rings. The fourth-order valence-electron chi connectivity index (χ4n) is 2.85. The minimum absolute atomic E-state index is 0.0923. The summed E-state index contributed by atoms with van der Waals surface area (Å²) in [4.78, 5) is 17.1. The summed E-state index contributed by atoms with van der Waals surface area (Å²) < 4.78 is 26.9. The van der Waals surface area contributed by atoms with E-state index >= 15 is 0 Å². The minimum atomic E-state index is -3.60. The molecule has 2 heterocycles. The molecule has 0 radical (unpaired) electrons. The predicted molar refractivity (Wildman–Crippen MR) is 107 cm³/mol. The van der Waals surface area contributed by atoms with Gasteiger partial charge in [0.25, 0.3) is 5.91 Å². The number of hydrogen-bond acceptors (Lipinski definition) is 5. The molecule has 6 nitrogen and oxygen atoms in total. The molecule has 1 N–H and O–H groups in total. The lowest BCUT2D eigenvalue weighted by atomic mass is 10.2. The Kier molecular flexibility index (Phi) is 6.20. The first kappa shape index (κ1) is 20.3. The van der Waals surface area contributed by atoms with Gasteiger partial charge in [-0.15, -0.1) is 11.3 Å². The molecule has 1 amide bonds. The quantitative estimate of drug-likeness (QED) is 0.763. The molecule has 0 spiro atoms. The van der Waals surface area contributed by atoms with E-state index in [1.54, 1.807) is 11.3 Å². The van der Waals surface area contributed by atoms with Gasteiger partial charge in [-0.3, -0.25) is 4.79 Å². The number of benzene rings is 1. The zero-order chi connectivity index (χ0) is 19.6. The van der Waals surface area contributed by atoms with Gasteiger partial charge in [0.15, 0.2) is 0 Å². The lowest BCUT2D eigenvalue weighted by Crippen LogP contribution is -2.28. The van der Waals surface area contributed by atoms with E-state index in [0.29, 0.717) is 19.0 Å². The molecule has 0 bridgehead atoms. The molecule has 1 aromatic heterocycles. The predicted octanol–water partition coefficient (Wildman–Crippen LogP) is 3.63. The minimum Gasteiger partial charge on any atom is -0.346 e. The topological polar surface area (TPSA) is 79.4 Å². The number of thiazole rings is 1. The van der Waals surface area contributed by atoms with Crippen molar-refractivity contribution in [2.45, 2.75) is 44.0 Å². The van der Waals surface area contributed by atoms with Crippen molar-refractivity contribution >= 4 is 38.9 Å². The van der Waals surface area contributed by atoms with E-state index in [4.69, 9.17) is 11.6 Å². The van der Waals surface area contributed by atoms with Gasteiger partial charge < -0.3 is 5.32 Å². The second kappa shape index (κ2) is 8.26. The Balaban J connectivity index is 1.76. The van der Waals surface area contributed by atoms with Crippen LogP contribution in [0.4, 0.5) is 0 Å². The van der Waals surface area contributed by atoms with E-state index in [1.807, 2.05) is 5.38 Å². The summed E-state index contributed by atoms with van der Waals surface area (Å²) in [5, 5.41) is 5.90. The summed E-state index contributed by atoms with van der Waals surface area (Å²) in [7, 11) is -3.60. The molecule has 1 aromatic carbocycles. The number of halogens is 1. The van der Waals surface area contributed by atoms with Crippen molar-refractivity contribution in [3.05, 3.63) is 44.9 Å². The van der Waals surface area contributed by atoms with Crippen molar-refractivity contribution in [2.24, 2.45) is 0 Å². The Labute approximate surface area is 168 Å². The largest absolute Gasteiger partial charge is 0.346 e. The van der Waals surface area contributed by atoms with Crippen molar-refractivity contribution < 1.29 is 13.2 Å². The number of hydrogen-bond donors (Lipinski definition) is 1. The van der Waals surface area contributed by atoms with Gasteiger partial charge in [-0.25, -0.2) is 13.4 Å². The van der Waals surface area contributed by atoms with Crippen LogP contribution in [0.1, 0.15) is 53.7 Å². The van der Waals surface area contributed by atoms with Crippen molar-refractivity contribution in [3.8, 4) is 0 Å². The first-order chi connectivity index (χ1) is 12.8. The van der Waals surface area contributed by atoms with Gasteiger partial charge >= 0.3 is 0 Å². The monoisotopic (exact) mass is 427 g/mol. The van der Waals surface area contributed by atoms with Crippen molar-refractivity contribution in [1.82, 2.24) is 14.6 Å². The first-order valence-electron chi connectivity index (χ1n) is 8.81. The lowest BCUT2D eigenvalue weighted by Gasteiger charge is -2.16. The van der Waals surface area contributed by atoms with Crippen molar-refractivity contribution in [2.75, 3.05) is 13.1 Å². The van der Waals surface area contributed by atoms with Crippen molar-refractivity contribution in [1.29, 1.82) is 0 Å². The zero-order valence-corrected chi connectivity index (χ0v) is 17.6. The Bertz CT molecular complexity index is 935. The van der Waals surface area contributed by atoms with Gasteiger partial charge in [0.2, 0.25) is 10.0 Å². The van der Waals surface area contributed by atoms with Crippen LogP contribution in [0.15, 0.2) is 28.5 Å². The maximum absolute atomic E-state index is 12.7. The molecule has 0 unspecified atom stereocenters. The van der Waals surface area contributed by atoms with E-state index in [9.17, 15) is 13.2 Å². The smallest absolute Gasteiger partial charge is 0.253 e. The molecule has 0 atom stereocenters. The fraction of sp³-hybridized carbons (Fsp3) is 0.444. The Morgan fingerprint density at radius 2 is 2.04 bits per heavy atom. The molecular weight excluding hydrogens is 406 g/mol. The van der Waals surface area contributed by atoms with Crippen LogP contribution in [0.25, 0.3) is 0 Å². The lowest BCUT2D eigenvalue weighted by molar-refractivity contribution is 0.0950. The van der Waals surface area contributed by atoms with Crippen LogP contribution in [0, 0.1) is 0 Å². The van der Waals surface area contributed by atoms with Crippen LogP contribution in [0.2, 0.25) is 5.02 Å². The summed E-state index contributed by atoms with van der Waals surface area (Å²) in [5.74, 6) is -0.0843. The summed E-state index contributed by atoms with van der Waals surface area (Å²) in [5.41, 5.74) is 0.922. The fourth-order valence-corrected chi connectivity index (χ4v) is 5.43. The molecule has 0 saturated carbocycles. The number of sulfonamides is 1. The number of carbonyl (C=O) groups excluding carboxylic acids is 1. The number of nitrogens with zero attached hydrogens (tertiary/aromatic N) is 2. The normalized spacial score (nSPS) is 15.4. The van der Waals surface area contributed by atoms with Gasteiger partial charge in [0.1, 0.15) is 0 Å². The average Bonchev–Trinajstić information content (AvgIpc) is 3.32. The highest BCUT2D eigenvalue weighted by molar-refractivity contribution is 7.89. The molecule has 1 fully saturated rings. The van der Waals surface area contributed by atoms with Gasteiger partial charge in [-0.1, -0.05) is 25.4 Å². The highest BCUT2D eigenvalue weighted by Gasteiger charge is 2.28. The van der Waals surface area contributed by atoms with Gasteiger partial charge in [0.05, 0.1) is 32.7 Å². The molecule has 9 heteroatoms. The average molecular weight is 428 g/mol. The van der Waals surface area contributed by atoms with Crippen LogP contribution in [0.3, 0.4) is 0 Å². The van der Waals surface area contributed by atoms with Gasteiger partial charge in [-0.05, 0) is 31.0 Å². The summed E-state index contributed by atoms with van der Waals surface area (Å²) in [6.45, 7) is 5.41.